The van der Waals surface area contributed by atoms with Crippen LogP contribution in [0.2, 0.25) is 0 Å². The number of nitrogens with zero attached hydrogens (tertiary/aromatic N) is 1. The van der Waals surface area contributed by atoms with E-state index in [1.807, 2.05) is 11.8 Å². The van der Waals surface area contributed by atoms with Crippen molar-refractivity contribution in [3.05, 3.63) is 376 Å². The smallest absolute Gasteiger partial charge is 0.132 e. The zero-order valence-corrected chi connectivity index (χ0v) is 46.5. The third-order valence-electron chi connectivity index (χ3n) is 19.1. The topological polar surface area (TPSA) is 12.5 Å². The molecule has 3 aliphatic carbocycles. The molecule has 0 bridgehead atoms. The zero-order valence-electron chi connectivity index (χ0n) is 45.7. The van der Waals surface area contributed by atoms with E-state index in [9.17, 15) is 0 Å². The van der Waals surface area contributed by atoms with E-state index in [1.54, 1.807) is 0 Å². The average molecular weight is 1090 g/mol. The fourth-order valence-electron chi connectivity index (χ4n) is 16.0. The first-order valence-electron chi connectivity index (χ1n) is 29.1. The summed E-state index contributed by atoms with van der Waals surface area (Å²) in [5.74, 6) is 1.77. The quantitative estimate of drug-likeness (QED) is 0.165. The van der Waals surface area contributed by atoms with Gasteiger partial charge in [0, 0.05) is 38.0 Å². The number of hydrogen-bond donors (Lipinski definition) is 0. The van der Waals surface area contributed by atoms with Crippen molar-refractivity contribution in [2.75, 3.05) is 4.90 Å². The summed E-state index contributed by atoms with van der Waals surface area (Å²) in [6.45, 7) is 0. The normalized spacial score (nSPS) is 14.8. The Morgan fingerprint density at radius 1 is 0.250 bits per heavy atom. The molecule has 0 aromatic heterocycles. The van der Waals surface area contributed by atoms with Gasteiger partial charge in [-0.1, -0.05) is 260 Å². The van der Waals surface area contributed by atoms with E-state index < -0.39 is 16.2 Å². The summed E-state index contributed by atoms with van der Waals surface area (Å²) >= 11 is 1.89. The van der Waals surface area contributed by atoms with Gasteiger partial charge < -0.3 is 9.64 Å². The van der Waals surface area contributed by atoms with E-state index >= 15 is 0 Å². The predicted octanol–water partition coefficient (Wildman–Crippen LogP) is 20.5. The fourth-order valence-corrected chi connectivity index (χ4v) is 17.2. The van der Waals surface area contributed by atoms with E-state index in [4.69, 9.17) is 4.74 Å². The van der Waals surface area contributed by atoms with Gasteiger partial charge in [0.2, 0.25) is 0 Å². The van der Waals surface area contributed by atoms with Crippen LogP contribution in [0.5, 0.6) is 11.5 Å². The molecule has 2 nitrogen and oxygen atoms in total. The molecule has 84 heavy (non-hydrogen) atoms. The number of rotatable bonds is 6. The van der Waals surface area contributed by atoms with Crippen molar-refractivity contribution in [1.82, 2.24) is 0 Å². The summed E-state index contributed by atoms with van der Waals surface area (Å²) in [5, 5.41) is 0. The Balaban J connectivity index is 0.893. The maximum atomic E-state index is 6.76. The van der Waals surface area contributed by atoms with Gasteiger partial charge in [0.1, 0.15) is 11.5 Å². The molecule has 0 amide bonds. The van der Waals surface area contributed by atoms with Gasteiger partial charge in [0.25, 0.3) is 0 Å². The fraction of sp³-hybridized carbons (Fsp3) is 0.0370. The van der Waals surface area contributed by atoms with Gasteiger partial charge in [-0.2, -0.15) is 0 Å². The van der Waals surface area contributed by atoms with Gasteiger partial charge in [0.15, 0.2) is 0 Å². The van der Waals surface area contributed by atoms with Crippen LogP contribution in [0.15, 0.2) is 319 Å². The summed E-state index contributed by atoms with van der Waals surface area (Å²) in [7, 11) is 0. The van der Waals surface area contributed by atoms with Crippen LogP contribution in [-0.4, -0.2) is 0 Å². The van der Waals surface area contributed by atoms with Crippen LogP contribution in [0.4, 0.5) is 17.1 Å². The van der Waals surface area contributed by atoms with E-state index in [2.05, 4.69) is 314 Å². The highest BCUT2D eigenvalue weighted by Gasteiger charge is 2.53. The zero-order chi connectivity index (χ0) is 55.1. The summed E-state index contributed by atoms with van der Waals surface area (Å²) in [5.41, 5.74) is 26.6. The molecule has 0 fully saturated rings. The van der Waals surface area contributed by atoms with Crippen LogP contribution in [0.3, 0.4) is 0 Å². The van der Waals surface area contributed by atoms with Crippen LogP contribution >= 0.6 is 11.8 Å². The molecule has 13 aromatic rings. The number of benzene rings is 13. The lowest BCUT2D eigenvalue weighted by molar-refractivity contribution is 0.436. The number of para-hydroxylation sites is 2. The molecular formula is C81H51NOS. The van der Waals surface area contributed by atoms with Gasteiger partial charge in [0.05, 0.1) is 16.2 Å². The SMILES string of the molecule is c1ccc(C2(c3ccccc3)c3ccccc3-c3c(-c4cccc(N(c5ccc6c(c5)-c5ccccc5C65c6ccccc6Oc6ccccc65)c5ccc6c(c5)C5(c7ccccc7Sc7ccccc75)c5ccccc5-6)c4)cccc32)cc1. The minimum Gasteiger partial charge on any atom is -0.457 e. The van der Waals surface area contributed by atoms with Gasteiger partial charge in [-0.3, -0.25) is 0 Å². The number of ether oxygens (including phenoxy) is 1. The van der Waals surface area contributed by atoms with Crippen LogP contribution in [0.25, 0.3) is 44.5 Å². The number of anilines is 3. The second-order valence-corrected chi connectivity index (χ2v) is 24.0. The summed E-state index contributed by atoms with van der Waals surface area (Å²) in [6, 6.07) is 116. The van der Waals surface area contributed by atoms with Crippen molar-refractivity contribution in [1.29, 1.82) is 0 Å². The van der Waals surface area contributed by atoms with Crippen molar-refractivity contribution >= 4 is 28.8 Å². The van der Waals surface area contributed by atoms with Gasteiger partial charge >= 0.3 is 0 Å². The average Bonchev–Trinajstić information content (AvgIpc) is 2.02. The Morgan fingerprint density at radius 3 is 1.32 bits per heavy atom. The molecule has 392 valence electrons. The molecule has 0 unspecified atom stereocenters. The molecule has 0 radical (unpaired) electrons. The minimum absolute atomic E-state index is 0.523. The molecular weight excluding hydrogens is 1030 g/mol. The number of hydrogen-bond acceptors (Lipinski definition) is 3. The molecule has 2 heterocycles. The highest BCUT2D eigenvalue weighted by molar-refractivity contribution is 7.99. The van der Waals surface area contributed by atoms with E-state index in [1.165, 1.54) is 104 Å². The Hall–Kier alpha value is -10.2. The third-order valence-corrected chi connectivity index (χ3v) is 20.2. The highest BCUT2D eigenvalue weighted by atomic mass is 32.2. The first-order chi connectivity index (χ1) is 41.7. The monoisotopic (exact) mass is 1090 g/mol. The summed E-state index contributed by atoms with van der Waals surface area (Å²) in [4.78, 5) is 5.11. The van der Waals surface area contributed by atoms with Gasteiger partial charge in [-0.15, -0.1) is 0 Å². The second-order valence-electron chi connectivity index (χ2n) is 22.9. The summed E-state index contributed by atoms with van der Waals surface area (Å²) < 4.78 is 6.76. The van der Waals surface area contributed by atoms with Crippen LogP contribution in [0, 0.1) is 0 Å². The largest absolute Gasteiger partial charge is 0.457 e. The van der Waals surface area contributed by atoms with Gasteiger partial charge in [-0.05, 0) is 161 Å². The van der Waals surface area contributed by atoms with Crippen molar-refractivity contribution in [3.63, 3.8) is 0 Å². The van der Waals surface area contributed by atoms with Crippen molar-refractivity contribution in [2.24, 2.45) is 0 Å². The van der Waals surface area contributed by atoms with Gasteiger partial charge in [-0.25, -0.2) is 0 Å². The molecule has 0 saturated carbocycles. The number of fused-ring (bicyclic) bond motifs is 21. The standard InChI is InChI=1S/C81H51NOS/c1-3-24-53(25-4-1)79(54-26-5-2-6-27-54)66-35-12-9-31-62(66)78-58(32-22-40-72(78)79)52-23-21-28-55(49-52)82(56-46-48-67-63(50-56)60-30-8-11-34-65(60)80(67)68-36-13-17-41-74(68)83-75-42-18-14-37-69(75)80)57-45-47-61-59-29-7-10-33-64(59)81(73(61)51-57)70-38-15-19-43-76(70)84-77-44-20-16-39-71(77)81/h1-51H. The lowest BCUT2D eigenvalue weighted by Gasteiger charge is -2.40. The molecule has 2 aliphatic heterocycles. The van der Waals surface area contributed by atoms with E-state index in [-0.39, 0.29) is 0 Å². The third kappa shape index (κ3) is 6.21. The predicted molar refractivity (Wildman–Crippen MR) is 343 cm³/mol. The molecule has 5 aliphatic rings. The second kappa shape index (κ2) is 17.9. The molecule has 18 rings (SSSR count). The van der Waals surface area contributed by atoms with Crippen LogP contribution in [-0.2, 0) is 16.2 Å². The maximum absolute atomic E-state index is 6.76. The maximum Gasteiger partial charge on any atom is 0.132 e. The first-order valence-corrected chi connectivity index (χ1v) is 30.0. The lowest BCUT2D eigenvalue weighted by Crippen LogP contribution is -2.32. The highest BCUT2D eigenvalue weighted by Crippen LogP contribution is 2.66. The van der Waals surface area contributed by atoms with Crippen molar-refractivity contribution in [3.8, 4) is 56.0 Å². The summed E-state index contributed by atoms with van der Waals surface area (Å²) in [6.07, 6.45) is 0. The first kappa shape index (κ1) is 47.4. The lowest BCUT2D eigenvalue weighted by atomic mass is 9.66. The van der Waals surface area contributed by atoms with Crippen LogP contribution in [0.1, 0.15) is 66.8 Å². The molecule has 0 atom stereocenters. The Morgan fingerprint density at radius 2 is 0.679 bits per heavy atom. The van der Waals surface area contributed by atoms with Crippen LogP contribution < -0.4 is 9.64 Å². The van der Waals surface area contributed by atoms with Crippen molar-refractivity contribution < 1.29 is 4.74 Å². The Bertz CT molecular complexity index is 4750. The molecule has 0 N–H and O–H groups in total. The Kier molecular flexibility index (Phi) is 10.1. The molecule has 13 aromatic carbocycles. The molecule has 2 spiro atoms. The Labute approximate surface area is 493 Å². The minimum atomic E-state index is -0.592. The molecule has 0 saturated heterocycles. The van der Waals surface area contributed by atoms with Crippen molar-refractivity contribution in [2.45, 2.75) is 26.0 Å². The van der Waals surface area contributed by atoms with E-state index in [0.29, 0.717) is 0 Å². The molecule has 3 heteroatoms. The van der Waals surface area contributed by atoms with E-state index in [0.717, 1.165) is 45.3 Å².